The van der Waals surface area contributed by atoms with Gasteiger partial charge in [0, 0.05) is 5.56 Å². The molecule has 1 aromatic carbocycles. The third-order valence-corrected chi connectivity index (χ3v) is 2.50. The van der Waals surface area contributed by atoms with Crippen LogP contribution < -0.4 is 5.32 Å². The Morgan fingerprint density at radius 1 is 1.39 bits per heavy atom. The molecule has 4 heteroatoms. The Balaban J connectivity index is 2.89. The smallest absolute Gasteiger partial charge is 0.327 e. The highest BCUT2D eigenvalue weighted by atomic mass is 16.5. The maximum Gasteiger partial charge on any atom is 0.327 e. The quantitative estimate of drug-likeness (QED) is 0.761. The molecule has 18 heavy (non-hydrogen) atoms. The summed E-state index contributed by atoms with van der Waals surface area (Å²) >= 11 is 0. The number of rotatable bonds is 6. The Morgan fingerprint density at radius 3 is 2.61 bits per heavy atom. The molecule has 100 valence electrons. The van der Waals surface area contributed by atoms with Crippen LogP contribution in [0, 0.1) is 5.92 Å². The number of hydrogen-bond donors (Lipinski definition) is 2. The summed E-state index contributed by atoms with van der Waals surface area (Å²) in [5.41, 5.74) is 0.552. The largest absolute Gasteiger partial charge is 0.508 e. The molecular formula is C14H21NO3. The number of carbonyl (C=O) groups excluding carboxylic acids is 1. The van der Waals surface area contributed by atoms with E-state index in [1.165, 1.54) is 0 Å². The van der Waals surface area contributed by atoms with E-state index in [0.717, 1.165) is 0 Å². The summed E-state index contributed by atoms with van der Waals surface area (Å²) in [6.07, 6.45) is 0. The molecule has 0 fully saturated rings. The molecule has 0 radical (unpaired) electrons. The SMILES string of the molecule is CCOC(=O)C(NCC(C)C)c1ccccc1O. The van der Waals surface area contributed by atoms with Crippen molar-refractivity contribution in [2.45, 2.75) is 26.8 Å². The lowest BCUT2D eigenvalue weighted by Crippen LogP contribution is -2.32. The Hall–Kier alpha value is -1.55. The van der Waals surface area contributed by atoms with Gasteiger partial charge < -0.3 is 15.2 Å². The summed E-state index contributed by atoms with van der Waals surface area (Å²) in [4.78, 5) is 11.9. The Labute approximate surface area is 108 Å². The highest BCUT2D eigenvalue weighted by molar-refractivity contribution is 5.78. The normalized spacial score (nSPS) is 12.4. The van der Waals surface area contributed by atoms with Crippen molar-refractivity contribution in [3.63, 3.8) is 0 Å². The molecule has 0 spiro atoms. The van der Waals surface area contributed by atoms with Gasteiger partial charge in [-0.3, -0.25) is 0 Å². The number of carbonyl (C=O) groups is 1. The molecule has 4 nitrogen and oxygen atoms in total. The van der Waals surface area contributed by atoms with Crippen molar-refractivity contribution in [1.82, 2.24) is 5.32 Å². The lowest BCUT2D eigenvalue weighted by molar-refractivity contribution is -0.146. The van der Waals surface area contributed by atoms with E-state index in [2.05, 4.69) is 19.2 Å². The van der Waals surface area contributed by atoms with E-state index in [-0.39, 0.29) is 11.7 Å². The molecule has 1 atom stereocenters. The van der Waals surface area contributed by atoms with E-state index in [9.17, 15) is 9.90 Å². The molecule has 0 aliphatic rings. The van der Waals surface area contributed by atoms with E-state index in [4.69, 9.17) is 4.74 Å². The van der Waals surface area contributed by atoms with Gasteiger partial charge in [0.2, 0.25) is 0 Å². The van der Waals surface area contributed by atoms with Crippen LogP contribution in [-0.2, 0) is 9.53 Å². The maximum absolute atomic E-state index is 11.9. The average Bonchev–Trinajstić information content (AvgIpc) is 2.31. The Morgan fingerprint density at radius 2 is 2.06 bits per heavy atom. The van der Waals surface area contributed by atoms with Gasteiger partial charge in [0.25, 0.3) is 0 Å². The molecule has 0 aliphatic carbocycles. The standard InChI is InChI=1S/C14H21NO3/c1-4-18-14(17)13(15-9-10(2)3)11-7-5-6-8-12(11)16/h5-8,10,13,15-16H,4,9H2,1-3H3. The van der Waals surface area contributed by atoms with Crippen molar-refractivity contribution in [1.29, 1.82) is 0 Å². The lowest BCUT2D eigenvalue weighted by atomic mass is 10.0. The van der Waals surface area contributed by atoms with Crippen molar-refractivity contribution in [3.8, 4) is 5.75 Å². The summed E-state index contributed by atoms with van der Waals surface area (Å²) in [5.74, 6) is 0.152. The lowest BCUT2D eigenvalue weighted by Gasteiger charge is -2.19. The van der Waals surface area contributed by atoms with Crippen LogP contribution in [0.2, 0.25) is 0 Å². The molecule has 0 saturated carbocycles. The van der Waals surface area contributed by atoms with Gasteiger partial charge in [-0.05, 0) is 25.5 Å². The van der Waals surface area contributed by atoms with E-state index in [1.807, 2.05) is 0 Å². The number of aromatic hydroxyl groups is 1. The molecule has 0 amide bonds. The van der Waals surface area contributed by atoms with Crippen molar-refractivity contribution in [2.24, 2.45) is 5.92 Å². The van der Waals surface area contributed by atoms with Gasteiger partial charge in [0.05, 0.1) is 6.61 Å². The van der Waals surface area contributed by atoms with Crippen LogP contribution in [0.5, 0.6) is 5.75 Å². The average molecular weight is 251 g/mol. The van der Waals surface area contributed by atoms with E-state index in [1.54, 1.807) is 31.2 Å². The molecule has 0 aliphatic heterocycles. The third-order valence-electron chi connectivity index (χ3n) is 2.50. The second-order valence-electron chi connectivity index (χ2n) is 4.55. The molecule has 2 N–H and O–H groups in total. The molecule has 1 aromatic rings. The van der Waals surface area contributed by atoms with Gasteiger partial charge in [-0.15, -0.1) is 0 Å². The summed E-state index contributed by atoms with van der Waals surface area (Å²) in [6.45, 7) is 6.88. The number of benzene rings is 1. The van der Waals surface area contributed by atoms with Gasteiger partial charge in [-0.2, -0.15) is 0 Å². The van der Waals surface area contributed by atoms with Gasteiger partial charge in [0.1, 0.15) is 11.8 Å². The van der Waals surface area contributed by atoms with Gasteiger partial charge >= 0.3 is 5.97 Å². The van der Waals surface area contributed by atoms with Crippen LogP contribution in [0.15, 0.2) is 24.3 Å². The fraction of sp³-hybridized carbons (Fsp3) is 0.500. The topological polar surface area (TPSA) is 58.6 Å². The number of esters is 1. The first-order valence-corrected chi connectivity index (χ1v) is 6.24. The van der Waals surface area contributed by atoms with Crippen molar-refractivity contribution in [2.75, 3.05) is 13.2 Å². The van der Waals surface area contributed by atoms with Crippen molar-refractivity contribution >= 4 is 5.97 Å². The van der Waals surface area contributed by atoms with E-state index < -0.39 is 6.04 Å². The molecule has 1 unspecified atom stereocenters. The van der Waals surface area contributed by atoms with Crippen molar-refractivity contribution < 1.29 is 14.6 Å². The minimum absolute atomic E-state index is 0.104. The molecule has 0 aromatic heterocycles. The first kappa shape index (κ1) is 14.5. The third kappa shape index (κ3) is 4.04. The number of nitrogens with one attached hydrogen (secondary N) is 1. The molecule has 0 bridgehead atoms. The predicted molar refractivity (Wildman–Crippen MR) is 70.3 cm³/mol. The van der Waals surface area contributed by atoms with Crippen LogP contribution in [0.1, 0.15) is 32.4 Å². The number of phenolic OH excluding ortho intramolecular Hbond substituents is 1. The first-order chi connectivity index (χ1) is 8.56. The van der Waals surface area contributed by atoms with E-state index in [0.29, 0.717) is 24.6 Å². The summed E-state index contributed by atoms with van der Waals surface area (Å²) in [5, 5.41) is 12.9. The zero-order valence-corrected chi connectivity index (χ0v) is 11.1. The second-order valence-corrected chi connectivity index (χ2v) is 4.55. The van der Waals surface area contributed by atoms with Crippen molar-refractivity contribution in [3.05, 3.63) is 29.8 Å². The number of ether oxygens (including phenoxy) is 1. The fourth-order valence-electron chi connectivity index (χ4n) is 1.63. The van der Waals surface area contributed by atoms with E-state index >= 15 is 0 Å². The molecule has 1 rings (SSSR count). The highest BCUT2D eigenvalue weighted by Crippen LogP contribution is 2.24. The van der Waals surface area contributed by atoms with Crippen LogP contribution in [0.4, 0.5) is 0 Å². The summed E-state index contributed by atoms with van der Waals surface area (Å²) in [6, 6.07) is 6.19. The molecular weight excluding hydrogens is 230 g/mol. The van der Waals surface area contributed by atoms with Crippen LogP contribution in [-0.4, -0.2) is 24.2 Å². The maximum atomic E-state index is 11.9. The molecule has 0 heterocycles. The van der Waals surface area contributed by atoms with Crippen LogP contribution in [0.25, 0.3) is 0 Å². The fourth-order valence-corrected chi connectivity index (χ4v) is 1.63. The van der Waals surface area contributed by atoms with Crippen LogP contribution in [0.3, 0.4) is 0 Å². The number of hydrogen-bond acceptors (Lipinski definition) is 4. The predicted octanol–water partition coefficient (Wildman–Crippen LogP) is 2.24. The number of para-hydroxylation sites is 1. The van der Waals surface area contributed by atoms with Gasteiger partial charge in [-0.1, -0.05) is 32.0 Å². The highest BCUT2D eigenvalue weighted by Gasteiger charge is 2.24. The van der Waals surface area contributed by atoms with Gasteiger partial charge in [0.15, 0.2) is 0 Å². The molecule has 0 saturated heterocycles. The monoisotopic (exact) mass is 251 g/mol. The Bertz CT molecular complexity index is 390. The summed E-state index contributed by atoms with van der Waals surface area (Å²) < 4.78 is 5.03. The minimum atomic E-state index is -0.617. The first-order valence-electron chi connectivity index (χ1n) is 6.24. The minimum Gasteiger partial charge on any atom is -0.508 e. The zero-order chi connectivity index (χ0) is 13.5. The summed E-state index contributed by atoms with van der Waals surface area (Å²) in [7, 11) is 0. The second kappa shape index (κ2) is 7.01. The van der Waals surface area contributed by atoms with Crippen LogP contribution >= 0.6 is 0 Å². The van der Waals surface area contributed by atoms with Gasteiger partial charge in [-0.25, -0.2) is 4.79 Å². The number of phenols is 1. The Kier molecular flexibility index (Phi) is 5.65. The zero-order valence-electron chi connectivity index (χ0n) is 11.1.